The number of halogens is 1. The van der Waals surface area contributed by atoms with Crippen LogP contribution in [0.2, 0.25) is 5.02 Å². The molecule has 1 aromatic heterocycles. The van der Waals surface area contributed by atoms with Gasteiger partial charge in [0.05, 0.1) is 35.3 Å². The quantitative estimate of drug-likeness (QED) is 0.520. The van der Waals surface area contributed by atoms with E-state index in [4.69, 9.17) is 22.5 Å². The van der Waals surface area contributed by atoms with Gasteiger partial charge in [-0.15, -0.1) is 0 Å². The number of carbonyl (C=O) groups is 1. The molecule has 1 aliphatic heterocycles. The highest BCUT2D eigenvalue weighted by Gasteiger charge is 2.33. The standard InChI is InChI=1S/C21H22ClN5O3S/c22-18-4-2-1-3-15(18)16(9-10-23)21(28)27-11-17-19(12-27)25-26-20(17)13-5-7-14(8-6-13)31(24,29)30/h1-8,16H,9-12,23H2,(H,25,26)(H2,24,29,30). The summed E-state index contributed by atoms with van der Waals surface area (Å²) in [6.45, 7) is 1.16. The Bertz CT molecular complexity index is 1220. The number of nitrogens with zero attached hydrogens (tertiary/aromatic N) is 2. The average molecular weight is 460 g/mol. The Labute approximate surface area is 185 Å². The van der Waals surface area contributed by atoms with Crippen LogP contribution in [0.25, 0.3) is 11.3 Å². The Morgan fingerprint density at radius 1 is 1.16 bits per heavy atom. The number of hydrogen-bond acceptors (Lipinski definition) is 5. The molecule has 0 fully saturated rings. The molecule has 2 aromatic carbocycles. The molecule has 0 radical (unpaired) electrons. The molecule has 0 aliphatic carbocycles. The number of nitrogens with one attached hydrogen (secondary N) is 1. The molecule has 1 aliphatic rings. The number of amides is 1. The molecule has 0 bridgehead atoms. The minimum atomic E-state index is -3.77. The zero-order chi connectivity index (χ0) is 22.2. The third kappa shape index (κ3) is 4.22. The summed E-state index contributed by atoms with van der Waals surface area (Å²) in [5.74, 6) is -0.466. The second-order valence-electron chi connectivity index (χ2n) is 7.44. The van der Waals surface area contributed by atoms with Crippen LogP contribution in [0, 0.1) is 0 Å². The Morgan fingerprint density at radius 2 is 1.87 bits per heavy atom. The van der Waals surface area contributed by atoms with E-state index >= 15 is 0 Å². The molecular weight excluding hydrogens is 438 g/mol. The van der Waals surface area contributed by atoms with E-state index in [1.165, 1.54) is 12.1 Å². The van der Waals surface area contributed by atoms with Crippen molar-refractivity contribution in [3.8, 4) is 11.3 Å². The molecule has 8 nitrogen and oxygen atoms in total. The number of aromatic nitrogens is 2. The average Bonchev–Trinajstić information content (AvgIpc) is 3.33. The molecule has 1 amide bonds. The van der Waals surface area contributed by atoms with Crippen molar-refractivity contribution in [2.75, 3.05) is 6.54 Å². The summed E-state index contributed by atoms with van der Waals surface area (Å²) < 4.78 is 23.0. The number of hydrogen-bond donors (Lipinski definition) is 3. The first-order valence-corrected chi connectivity index (χ1v) is 11.6. The zero-order valence-electron chi connectivity index (χ0n) is 16.6. The van der Waals surface area contributed by atoms with Crippen molar-refractivity contribution in [3.05, 3.63) is 70.4 Å². The van der Waals surface area contributed by atoms with Crippen molar-refractivity contribution in [1.29, 1.82) is 0 Å². The molecular formula is C21H22ClN5O3S. The van der Waals surface area contributed by atoms with Crippen molar-refractivity contribution >= 4 is 27.5 Å². The highest BCUT2D eigenvalue weighted by atomic mass is 35.5. The van der Waals surface area contributed by atoms with E-state index in [2.05, 4.69) is 10.2 Å². The lowest BCUT2D eigenvalue weighted by molar-refractivity contribution is -0.133. The molecule has 0 saturated heterocycles. The molecule has 10 heteroatoms. The molecule has 1 atom stereocenters. The Kier molecular flexibility index (Phi) is 5.85. The Morgan fingerprint density at radius 3 is 2.52 bits per heavy atom. The summed E-state index contributed by atoms with van der Waals surface area (Å²) in [6.07, 6.45) is 0.493. The minimum Gasteiger partial charge on any atom is -0.332 e. The number of aromatic amines is 1. The van der Waals surface area contributed by atoms with Gasteiger partial charge in [-0.2, -0.15) is 5.10 Å². The number of H-pyrrole nitrogens is 1. The lowest BCUT2D eigenvalue weighted by Gasteiger charge is -2.24. The smallest absolute Gasteiger partial charge is 0.238 e. The number of benzene rings is 2. The second kappa shape index (κ2) is 8.43. The SMILES string of the molecule is NCCC(C(=O)N1Cc2[nH]nc(-c3ccc(S(N)(=O)=O)cc3)c2C1)c1ccccc1Cl. The third-order valence-electron chi connectivity index (χ3n) is 5.45. The van der Waals surface area contributed by atoms with Gasteiger partial charge in [0, 0.05) is 16.1 Å². The van der Waals surface area contributed by atoms with Gasteiger partial charge in [-0.25, -0.2) is 13.6 Å². The zero-order valence-corrected chi connectivity index (χ0v) is 18.2. The minimum absolute atomic E-state index is 0.0320. The van der Waals surface area contributed by atoms with Gasteiger partial charge in [0.25, 0.3) is 0 Å². The Balaban J connectivity index is 1.58. The largest absolute Gasteiger partial charge is 0.332 e. The molecule has 3 aromatic rings. The van der Waals surface area contributed by atoms with Crippen LogP contribution in [0.3, 0.4) is 0 Å². The van der Waals surface area contributed by atoms with E-state index in [1.54, 1.807) is 23.1 Å². The fourth-order valence-electron chi connectivity index (χ4n) is 3.89. The maximum absolute atomic E-state index is 13.4. The van der Waals surface area contributed by atoms with Crippen LogP contribution in [0.15, 0.2) is 53.4 Å². The van der Waals surface area contributed by atoms with Crippen LogP contribution in [0.5, 0.6) is 0 Å². The fourth-order valence-corrected chi connectivity index (χ4v) is 4.68. The second-order valence-corrected chi connectivity index (χ2v) is 9.41. The van der Waals surface area contributed by atoms with Crippen molar-refractivity contribution < 1.29 is 13.2 Å². The highest BCUT2D eigenvalue weighted by Crippen LogP contribution is 2.35. The van der Waals surface area contributed by atoms with Gasteiger partial charge in [0.1, 0.15) is 0 Å². The number of rotatable bonds is 6. The maximum atomic E-state index is 13.4. The van der Waals surface area contributed by atoms with Crippen molar-refractivity contribution in [3.63, 3.8) is 0 Å². The lowest BCUT2D eigenvalue weighted by atomic mass is 9.94. The maximum Gasteiger partial charge on any atom is 0.238 e. The predicted octanol–water partition coefficient (Wildman–Crippen LogP) is 2.35. The number of carbonyl (C=O) groups excluding carboxylic acids is 1. The first kappa shape index (κ1) is 21.5. The van der Waals surface area contributed by atoms with Gasteiger partial charge in [-0.05, 0) is 36.7 Å². The Hall–Kier alpha value is -2.72. The number of fused-ring (bicyclic) bond motifs is 1. The molecule has 1 unspecified atom stereocenters. The normalized spacial score (nSPS) is 14.5. The predicted molar refractivity (Wildman–Crippen MR) is 118 cm³/mol. The molecule has 0 saturated carbocycles. The van der Waals surface area contributed by atoms with Gasteiger partial charge >= 0.3 is 0 Å². The van der Waals surface area contributed by atoms with E-state index in [0.717, 1.165) is 22.4 Å². The summed E-state index contributed by atoms with van der Waals surface area (Å²) in [7, 11) is -3.77. The summed E-state index contributed by atoms with van der Waals surface area (Å²) in [5.41, 5.74) is 9.73. The van der Waals surface area contributed by atoms with E-state index < -0.39 is 15.9 Å². The molecule has 4 rings (SSSR count). The first-order valence-electron chi connectivity index (χ1n) is 9.72. The molecule has 0 spiro atoms. The lowest BCUT2D eigenvalue weighted by Crippen LogP contribution is -2.32. The first-order chi connectivity index (χ1) is 14.8. The summed E-state index contributed by atoms with van der Waals surface area (Å²) in [5, 5.41) is 13.1. The van der Waals surface area contributed by atoms with Crippen LogP contribution < -0.4 is 10.9 Å². The van der Waals surface area contributed by atoms with Gasteiger partial charge in [-0.1, -0.05) is 41.9 Å². The van der Waals surface area contributed by atoms with Crippen LogP contribution in [-0.4, -0.2) is 36.0 Å². The van der Waals surface area contributed by atoms with Gasteiger partial charge < -0.3 is 10.6 Å². The van der Waals surface area contributed by atoms with Crippen molar-refractivity contribution in [1.82, 2.24) is 15.1 Å². The number of nitrogens with two attached hydrogens (primary N) is 2. The summed E-state index contributed by atoms with van der Waals surface area (Å²) in [4.78, 5) is 15.1. The van der Waals surface area contributed by atoms with Crippen molar-refractivity contribution in [2.45, 2.75) is 30.3 Å². The van der Waals surface area contributed by atoms with E-state index in [-0.39, 0.29) is 10.8 Å². The van der Waals surface area contributed by atoms with Crippen LogP contribution in [-0.2, 0) is 27.9 Å². The van der Waals surface area contributed by atoms with Gasteiger partial charge in [0.2, 0.25) is 15.9 Å². The summed E-state index contributed by atoms with van der Waals surface area (Å²) in [6, 6.07) is 13.5. The van der Waals surface area contributed by atoms with E-state index in [9.17, 15) is 13.2 Å². The number of primary sulfonamides is 1. The molecule has 31 heavy (non-hydrogen) atoms. The topological polar surface area (TPSA) is 135 Å². The molecule has 162 valence electrons. The fraction of sp³-hybridized carbons (Fsp3) is 0.238. The van der Waals surface area contributed by atoms with Gasteiger partial charge in [-0.3, -0.25) is 9.89 Å². The summed E-state index contributed by atoms with van der Waals surface area (Å²) >= 11 is 6.34. The van der Waals surface area contributed by atoms with Crippen LogP contribution in [0.1, 0.15) is 29.2 Å². The van der Waals surface area contributed by atoms with E-state index in [1.807, 2.05) is 18.2 Å². The van der Waals surface area contributed by atoms with Crippen LogP contribution >= 0.6 is 11.6 Å². The van der Waals surface area contributed by atoms with Crippen LogP contribution in [0.4, 0.5) is 0 Å². The third-order valence-corrected chi connectivity index (χ3v) is 6.73. The molecule has 5 N–H and O–H groups in total. The monoisotopic (exact) mass is 459 g/mol. The highest BCUT2D eigenvalue weighted by molar-refractivity contribution is 7.89. The molecule has 2 heterocycles. The van der Waals surface area contributed by atoms with Crippen molar-refractivity contribution in [2.24, 2.45) is 10.9 Å². The van der Waals surface area contributed by atoms with Gasteiger partial charge in [0.15, 0.2) is 0 Å². The van der Waals surface area contributed by atoms with E-state index in [0.29, 0.717) is 36.8 Å². The number of sulfonamides is 1.